The third kappa shape index (κ3) is 33.7. The molecule has 0 saturated carbocycles. The highest BCUT2D eigenvalue weighted by molar-refractivity contribution is 7.03. The summed E-state index contributed by atoms with van der Waals surface area (Å²) >= 11 is 1.35. The van der Waals surface area contributed by atoms with Crippen molar-refractivity contribution >= 4 is 11.5 Å². The van der Waals surface area contributed by atoms with Gasteiger partial charge in [0.2, 0.25) is 0 Å². The van der Waals surface area contributed by atoms with Crippen molar-refractivity contribution < 1.29 is 0 Å². The minimum absolute atomic E-state index is 0. The lowest BCUT2D eigenvalue weighted by Gasteiger charge is -1.79. The van der Waals surface area contributed by atoms with Crippen molar-refractivity contribution in [1.82, 2.24) is 9.59 Å². The van der Waals surface area contributed by atoms with Crippen LogP contribution in [0.4, 0.5) is 0 Å². The van der Waals surface area contributed by atoms with Crippen molar-refractivity contribution in [1.29, 1.82) is 0 Å². The first-order chi connectivity index (χ1) is 5.23. The Hall–Kier alpha value is -0.440. The van der Waals surface area contributed by atoms with E-state index in [1.54, 1.807) is 6.20 Å². The average molecular weight is 190 g/mol. The van der Waals surface area contributed by atoms with Crippen LogP contribution in [-0.4, -0.2) is 9.59 Å². The molecule has 0 radical (unpaired) electrons. The van der Waals surface area contributed by atoms with E-state index in [1.165, 1.54) is 11.5 Å². The van der Waals surface area contributed by atoms with Gasteiger partial charge in [0.25, 0.3) is 0 Å². The second-order valence-corrected chi connectivity index (χ2v) is 2.97. The third-order valence-electron chi connectivity index (χ3n) is 0.283. The van der Waals surface area contributed by atoms with Crippen LogP contribution in [0.2, 0.25) is 0 Å². The summed E-state index contributed by atoms with van der Waals surface area (Å²) < 4.78 is 3.51. The fourth-order valence-corrected chi connectivity index (χ4v) is 0.408. The highest BCUT2D eigenvalue weighted by Crippen LogP contribution is 1.81. The van der Waals surface area contributed by atoms with Crippen LogP contribution in [0, 0.1) is 5.92 Å². The van der Waals surface area contributed by atoms with E-state index in [9.17, 15) is 0 Å². The molecule has 0 aromatic carbocycles. The highest BCUT2D eigenvalue weighted by Gasteiger charge is 1.68. The molecule has 0 atom stereocenters. The zero-order chi connectivity index (χ0) is 9.11. The minimum Gasteiger partial charge on any atom is -0.147 e. The minimum atomic E-state index is 0. The molecule has 0 aliphatic heterocycles. The van der Waals surface area contributed by atoms with Crippen LogP contribution < -0.4 is 0 Å². The molecule has 1 aromatic heterocycles. The molecule has 0 N–H and O–H groups in total. The zero-order valence-electron chi connectivity index (χ0n) is 8.03. The van der Waals surface area contributed by atoms with Crippen LogP contribution in [0.25, 0.3) is 0 Å². The van der Waals surface area contributed by atoms with Gasteiger partial charge < -0.3 is 0 Å². The van der Waals surface area contributed by atoms with Crippen molar-refractivity contribution in [3.05, 3.63) is 11.6 Å². The Balaban J connectivity index is -0.000000107. The molecule has 1 heterocycles. The summed E-state index contributed by atoms with van der Waals surface area (Å²) in [6.45, 7) is 10.5. The van der Waals surface area contributed by atoms with E-state index in [1.807, 2.05) is 19.2 Å². The number of hydrogen-bond donors (Lipinski definition) is 0. The molecule has 0 amide bonds. The fraction of sp³-hybridized carbons (Fsp3) is 0.778. The highest BCUT2D eigenvalue weighted by atomic mass is 32.1. The van der Waals surface area contributed by atoms with Crippen LogP contribution in [0.5, 0.6) is 0 Å². The Morgan fingerprint density at radius 1 is 1.17 bits per heavy atom. The molecule has 3 heteroatoms. The molecule has 12 heavy (non-hydrogen) atoms. The summed E-state index contributed by atoms with van der Waals surface area (Å²) in [6.07, 6.45) is 1.66. The van der Waals surface area contributed by atoms with E-state index in [4.69, 9.17) is 0 Å². The van der Waals surface area contributed by atoms with Crippen molar-refractivity contribution in [2.24, 2.45) is 5.92 Å². The molecule has 74 valence electrons. The van der Waals surface area contributed by atoms with E-state index < -0.39 is 0 Å². The maximum absolute atomic E-state index is 3.51. The third-order valence-corrected chi connectivity index (χ3v) is 0.715. The first-order valence-electron chi connectivity index (χ1n) is 3.94. The Bertz CT molecular complexity index is 96.1. The molecule has 0 spiro atoms. The standard InChI is InChI=1S/C4H10.C2H2N2S.C2H6.CH4/c1-4(2)3;1-2-5-4-3-1;1-2;/h4H,1-3H3;1-2H;1-2H3;1H4. The van der Waals surface area contributed by atoms with Gasteiger partial charge in [0, 0.05) is 5.38 Å². The van der Waals surface area contributed by atoms with Gasteiger partial charge in [-0.3, -0.25) is 0 Å². The summed E-state index contributed by atoms with van der Waals surface area (Å²) in [5.41, 5.74) is 0. The molecule has 0 aliphatic carbocycles. The topological polar surface area (TPSA) is 25.8 Å². The maximum atomic E-state index is 3.51. The van der Waals surface area contributed by atoms with Gasteiger partial charge in [-0.2, -0.15) is 0 Å². The number of rotatable bonds is 0. The molecule has 0 saturated heterocycles. The van der Waals surface area contributed by atoms with Gasteiger partial charge in [-0.25, -0.2) is 0 Å². The Kier molecular flexibility index (Phi) is 24.8. The molecule has 0 aliphatic rings. The molecular formula is C9H22N2S. The smallest absolute Gasteiger partial charge is 0.0620 e. The van der Waals surface area contributed by atoms with E-state index in [0.717, 1.165) is 5.92 Å². The lowest BCUT2D eigenvalue weighted by Crippen LogP contribution is -1.66. The fourth-order valence-electron chi connectivity index (χ4n) is 0.136. The van der Waals surface area contributed by atoms with E-state index in [2.05, 4.69) is 30.4 Å². The number of hydrogen-bond acceptors (Lipinski definition) is 3. The Morgan fingerprint density at radius 2 is 1.58 bits per heavy atom. The van der Waals surface area contributed by atoms with Crippen molar-refractivity contribution in [2.45, 2.75) is 42.0 Å². The Labute approximate surface area is 81.2 Å². The lowest BCUT2D eigenvalue weighted by molar-refractivity contribution is 0.737. The molecule has 0 fully saturated rings. The maximum Gasteiger partial charge on any atom is 0.0620 e. The first-order valence-corrected chi connectivity index (χ1v) is 4.78. The summed E-state index contributed by atoms with van der Waals surface area (Å²) in [5.74, 6) is 0.833. The lowest BCUT2D eigenvalue weighted by atomic mass is 10.3. The second kappa shape index (κ2) is 16.9. The SMILES string of the molecule is C.CC.CC(C)C.c1csnn1. The first kappa shape index (κ1) is 17.6. The van der Waals surface area contributed by atoms with E-state index in [-0.39, 0.29) is 7.43 Å². The van der Waals surface area contributed by atoms with Crippen molar-refractivity contribution in [3.8, 4) is 0 Å². The number of aromatic nitrogens is 2. The van der Waals surface area contributed by atoms with Gasteiger partial charge in [0.1, 0.15) is 0 Å². The molecule has 2 nitrogen and oxygen atoms in total. The van der Waals surface area contributed by atoms with Gasteiger partial charge >= 0.3 is 0 Å². The number of nitrogens with zero attached hydrogens (tertiary/aromatic N) is 2. The summed E-state index contributed by atoms with van der Waals surface area (Å²) in [5, 5.41) is 5.31. The van der Waals surface area contributed by atoms with Crippen molar-refractivity contribution in [2.75, 3.05) is 0 Å². The molecule has 0 unspecified atom stereocenters. The van der Waals surface area contributed by atoms with Crippen LogP contribution in [0.1, 0.15) is 42.0 Å². The van der Waals surface area contributed by atoms with E-state index >= 15 is 0 Å². The molecule has 0 bridgehead atoms. The summed E-state index contributed by atoms with van der Waals surface area (Å²) in [6, 6.07) is 0. The van der Waals surface area contributed by atoms with E-state index in [0.29, 0.717) is 0 Å². The van der Waals surface area contributed by atoms with Gasteiger partial charge in [0.15, 0.2) is 0 Å². The van der Waals surface area contributed by atoms with Gasteiger partial charge in [-0.1, -0.05) is 46.5 Å². The van der Waals surface area contributed by atoms with Crippen molar-refractivity contribution in [3.63, 3.8) is 0 Å². The molecular weight excluding hydrogens is 168 g/mol. The zero-order valence-corrected chi connectivity index (χ0v) is 8.85. The van der Waals surface area contributed by atoms with Crippen LogP contribution >= 0.6 is 11.5 Å². The predicted molar refractivity (Wildman–Crippen MR) is 58.5 cm³/mol. The summed E-state index contributed by atoms with van der Waals surface area (Å²) in [4.78, 5) is 0. The monoisotopic (exact) mass is 190 g/mol. The second-order valence-electron chi connectivity index (χ2n) is 2.32. The largest absolute Gasteiger partial charge is 0.147 e. The summed E-state index contributed by atoms with van der Waals surface area (Å²) in [7, 11) is 0. The quantitative estimate of drug-likeness (QED) is 0.621. The van der Waals surface area contributed by atoms with Crippen LogP contribution in [0.15, 0.2) is 11.6 Å². The van der Waals surface area contributed by atoms with Gasteiger partial charge in [-0.05, 0) is 17.5 Å². The van der Waals surface area contributed by atoms with Crippen LogP contribution in [0.3, 0.4) is 0 Å². The Morgan fingerprint density at radius 3 is 1.67 bits per heavy atom. The van der Waals surface area contributed by atoms with Gasteiger partial charge in [-0.15, -0.1) is 5.10 Å². The molecule has 1 aromatic rings. The van der Waals surface area contributed by atoms with Gasteiger partial charge in [0.05, 0.1) is 6.20 Å². The van der Waals surface area contributed by atoms with Crippen LogP contribution in [-0.2, 0) is 0 Å². The molecule has 1 rings (SSSR count). The average Bonchev–Trinajstić information content (AvgIpc) is 2.44. The normalized spacial score (nSPS) is 6.83. The predicted octanol–water partition coefficient (Wildman–Crippen LogP) is 3.86.